The molecule has 0 saturated carbocycles. The van der Waals surface area contributed by atoms with E-state index >= 15 is 0 Å². The molecular formula is C36H35F2NO4. The molecule has 1 amide bonds. The van der Waals surface area contributed by atoms with Crippen LogP contribution in [0.25, 0.3) is 0 Å². The topological polar surface area (TPSA) is 48.0 Å². The monoisotopic (exact) mass is 583 g/mol. The van der Waals surface area contributed by atoms with Crippen molar-refractivity contribution in [3.63, 3.8) is 0 Å². The van der Waals surface area contributed by atoms with Crippen molar-refractivity contribution in [3.8, 4) is 0 Å². The molecule has 4 aromatic carbocycles. The number of rotatable bonds is 10. The van der Waals surface area contributed by atoms with Gasteiger partial charge >= 0.3 is 0 Å². The maximum atomic E-state index is 14.5. The van der Waals surface area contributed by atoms with E-state index in [-0.39, 0.29) is 31.8 Å². The zero-order valence-corrected chi connectivity index (χ0v) is 23.9. The molecule has 0 N–H and O–H groups in total. The third-order valence-electron chi connectivity index (χ3n) is 8.31. The average Bonchev–Trinajstić information content (AvgIpc) is 3.52. The summed E-state index contributed by atoms with van der Waals surface area (Å²) in [5.41, 5.74) is 3.64. The zero-order valence-electron chi connectivity index (χ0n) is 23.9. The number of piperidine rings is 1. The van der Waals surface area contributed by atoms with Gasteiger partial charge in [0, 0.05) is 19.0 Å². The van der Waals surface area contributed by atoms with Crippen LogP contribution in [0.1, 0.15) is 27.8 Å². The first-order chi connectivity index (χ1) is 21.0. The zero-order chi connectivity index (χ0) is 29.6. The van der Waals surface area contributed by atoms with E-state index in [0.29, 0.717) is 30.9 Å². The number of amides is 1. The molecule has 3 atom stereocenters. The first-order valence-corrected chi connectivity index (χ1v) is 14.8. The Morgan fingerprint density at radius 3 is 1.42 bits per heavy atom. The van der Waals surface area contributed by atoms with Crippen LogP contribution in [0.2, 0.25) is 0 Å². The highest BCUT2D eigenvalue weighted by atomic mass is 19.1. The van der Waals surface area contributed by atoms with Gasteiger partial charge in [0.15, 0.2) is 0 Å². The number of fused-ring (bicyclic) bond motifs is 1. The predicted molar refractivity (Wildman–Crippen MR) is 159 cm³/mol. The lowest BCUT2D eigenvalue weighted by molar-refractivity contribution is -0.190. The summed E-state index contributed by atoms with van der Waals surface area (Å²) in [5.74, 6) is -1.63. The third kappa shape index (κ3) is 7.02. The van der Waals surface area contributed by atoms with Crippen molar-refractivity contribution in [2.75, 3.05) is 13.1 Å². The lowest BCUT2D eigenvalue weighted by atomic mass is 9.97. The summed E-state index contributed by atoms with van der Waals surface area (Å²) < 4.78 is 48.5. The van der Waals surface area contributed by atoms with Crippen molar-refractivity contribution in [2.45, 2.75) is 51.0 Å². The van der Waals surface area contributed by atoms with Crippen LogP contribution in [0.4, 0.5) is 8.78 Å². The molecule has 7 heteroatoms. The minimum Gasteiger partial charge on any atom is -0.369 e. The van der Waals surface area contributed by atoms with E-state index in [4.69, 9.17) is 14.2 Å². The molecule has 1 heterocycles. The highest BCUT2D eigenvalue weighted by Crippen LogP contribution is 2.33. The lowest BCUT2D eigenvalue weighted by Crippen LogP contribution is -2.60. The minimum absolute atomic E-state index is 0.155. The van der Waals surface area contributed by atoms with Crippen LogP contribution in [0.5, 0.6) is 0 Å². The Kier molecular flexibility index (Phi) is 9.22. The molecule has 0 aromatic heterocycles. The van der Waals surface area contributed by atoms with Gasteiger partial charge in [-0.1, -0.05) is 91.0 Å². The van der Waals surface area contributed by atoms with Crippen molar-refractivity contribution < 1.29 is 27.8 Å². The molecule has 0 spiro atoms. The molecular weight excluding hydrogens is 548 g/mol. The molecule has 4 aromatic rings. The number of hydrogen-bond donors (Lipinski definition) is 0. The molecule has 222 valence electrons. The number of carbonyl (C=O) groups excluding carboxylic acids is 1. The van der Waals surface area contributed by atoms with Crippen LogP contribution >= 0.6 is 0 Å². The summed E-state index contributed by atoms with van der Waals surface area (Å²) >= 11 is 0. The van der Waals surface area contributed by atoms with E-state index in [0.717, 1.165) is 28.8 Å². The van der Waals surface area contributed by atoms with Gasteiger partial charge < -0.3 is 19.1 Å². The van der Waals surface area contributed by atoms with Crippen LogP contribution in [-0.4, -0.2) is 42.2 Å². The highest BCUT2D eigenvalue weighted by molar-refractivity contribution is 5.80. The number of halogens is 2. The first kappa shape index (κ1) is 29.2. The summed E-state index contributed by atoms with van der Waals surface area (Å²) in [6, 6.07) is 31.9. The van der Waals surface area contributed by atoms with E-state index in [2.05, 4.69) is 0 Å². The minimum atomic E-state index is -0.548. The van der Waals surface area contributed by atoms with Gasteiger partial charge in [0.1, 0.15) is 29.9 Å². The molecule has 0 radical (unpaired) electrons. The van der Waals surface area contributed by atoms with Crippen molar-refractivity contribution in [2.24, 2.45) is 5.92 Å². The molecule has 1 saturated heterocycles. The van der Waals surface area contributed by atoms with Gasteiger partial charge in [-0.3, -0.25) is 4.79 Å². The van der Waals surface area contributed by atoms with Gasteiger partial charge in [-0.15, -0.1) is 0 Å². The van der Waals surface area contributed by atoms with Crippen LogP contribution in [0.15, 0.2) is 103 Å². The van der Waals surface area contributed by atoms with Crippen LogP contribution in [0, 0.1) is 17.6 Å². The third-order valence-corrected chi connectivity index (χ3v) is 8.31. The second kappa shape index (κ2) is 13.6. The molecule has 5 nitrogen and oxygen atoms in total. The predicted octanol–water partition coefficient (Wildman–Crippen LogP) is 6.28. The van der Waals surface area contributed by atoms with Gasteiger partial charge in [-0.05, 0) is 52.8 Å². The molecule has 43 heavy (non-hydrogen) atoms. The number of carbonyl (C=O) groups is 1. The van der Waals surface area contributed by atoms with E-state index in [9.17, 15) is 13.6 Å². The summed E-state index contributed by atoms with van der Waals surface area (Å²) in [7, 11) is 0. The fourth-order valence-corrected chi connectivity index (χ4v) is 6.04. The standard InChI is InChI=1S/C36H35F2NO4/c37-31-16-17-32(38)30-19-28(18-29(30)31)36(40)39-20-33(41-22-25-10-4-1-5-11-25)35(43-24-27-14-8-3-9-15-27)34(21-39)42-23-26-12-6-2-7-13-26/h1-17,28,33-35H,18-24H2/t33-,34+,35?. The average molecular weight is 584 g/mol. The number of ether oxygens (including phenoxy) is 3. The summed E-state index contributed by atoms with van der Waals surface area (Å²) in [4.78, 5) is 15.7. The normalized spacial score (nSPS) is 20.2. The molecule has 1 aliphatic carbocycles. The van der Waals surface area contributed by atoms with Crippen molar-refractivity contribution in [1.82, 2.24) is 4.90 Å². The second-order valence-electron chi connectivity index (χ2n) is 11.3. The smallest absolute Gasteiger partial charge is 0.226 e. The summed E-state index contributed by atoms with van der Waals surface area (Å²) in [6.45, 7) is 1.62. The van der Waals surface area contributed by atoms with Crippen LogP contribution in [-0.2, 0) is 51.7 Å². The Morgan fingerprint density at radius 2 is 1.00 bits per heavy atom. The molecule has 1 fully saturated rings. The van der Waals surface area contributed by atoms with Crippen LogP contribution < -0.4 is 0 Å². The van der Waals surface area contributed by atoms with Crippen molar-refractivity contribution in [1.29, 1.82) is 0 Å². The summed E-state index contributed by atoms with van der Waals surface area (Å²) in [6.07, 6.45) is -1.08. The Balaban J connectivity index is 1.25. The first-order valence-electron chi connectivity index (χ1n) is 14.8. The molecule has 1 unspecified atom stereocenters. The van der Waals surface area contributed by atoms with Gasteiger partial charge in [-0.25, -0.2) is 8.78 Å². The maximum Gasteiger partial charge on any atom is 0.226 e. The number of nitrogens with zero attached hydrogens (tertiary/aromatic N) is 1. The Labute approximate surface area is 251 Å². The van der Waals surface area contributed by atoms with Gasteiger partial charge in [0.25, 0.3) is 0 Å². The lowest BCUT2D eigenvalue weighted by Gasteiger charge is -2.43. The molecule has 2 aliphatic rings. The quantitative estimate of drug-likeness (QED) is 0.221. The second-order valence-corrected chi connectivity index (χ2v) is 11.3. The van der Waals surface area contributed by atoms with Gasteiger partial charge in [0.05, 0.1) is 19.8 Å². The van der Waals surface area contributed by atoms with E-state index in [1.54, 1.807) is 4.90 Å². The number of likely N-dealkylation sites (tertiary alicyclic amines) is 1. The van der Waals surface area contributed by atoms with Crippen LogP contribution in [0.3, 0.4) is 0 Å². The Bertz CT molecular complexity index is 1420. The maximum absolute atomic E-state index is 14.5. The molecule has 6 rings (SSSR count). The van der Waals surface area contributed by atoms with E-state index < -0.39 is 35.9 Å². The van der Waals surface area contributed by atoms with Gasteiger partial charge in [0.2, 0.25) is 5.91 Å². The van der Waals surface area contributed by atoms with E-state index in [1.807, 2.05) is 91.0 Å². The van der Waals surface area contributed by atoms with Crippen molar-refractivity contribution in [3.05, 3.63) is 143 Å². The molecule has 1 aliphatic heterocycles. The largest absolute Gasteiger partial charge is 0.369 e. The highest BCUT2D eigenvalue weighted by Gasteiger charge is 2.43. The van der Waals surface area contributed by atoms with Gasteiger partial charge in [-0.2, -0.15) is 0 Å². The Morgan fingerprint density at radius 1 is 0.605 bits per heavy atom. The Hall–Kier alpha value is -3.91. The number of hydrogen-bond acceptors (Lipinski definition) is 4. The van der Waals surface area contributed by atoms with Crippen molar-refractivity contribution >= 4 is 5.91 Å². The number of benzene rings is 4. The fourth-order valence-electron chi connectivity index (χ4n) is 6.04. The fraction of sp³-hybridized carbons (Fsp3) is 0.306. The summed E-state index contributed by atoms with van der Waals surface area (Å²) in [5, 5.41) is 0. The molecule has 0 bridgehead atoms. The SMILES string of the molecule is O=C(C1Cc2c(F)ccc(F)c2C1)N1C[C@H](OCc2ccccc2)C(OCc2ccccc2)[C@H](OCc2ccccc2)C1. The van der Waals surface area contributed by atoms with E-state index in [1.165, 1.54) is 0 Å².